The third-order valence-corrected chi connectivity index (χ3v) is 4.19. The highest BCUT2D eigenvalue weighted by molar-refractivity contribution is 9.10. The maximum Gasteiger partial charge on any atom is 0.247 e. The van der Waals surface area contributed by atoms with Gasteiger partial charge in [0.05, 0.1) is 0 Å². The molecule has 2 aromatic carbocycles. The summed E-state index contributed by atoms with van der Waals surface area (Å²) >= 11 is 3.40. The topological polar surface area (TPSA) is 55.1 Å². The van der Waals surface area contributed by atoms with Crippen LogP contribution in [0.1, 0.15) is 23.6 Å². The lowest BCUT2D eigenvalue weighted by molar-refractivity contribution is -0.122. The Bertz CT molecular complexity index is 667. The van der Waals surface area contributed by atoms with E-state index in [2.05, 4.69) is 21.2 Å². The number of anilines is 1. The van der Waals surface area contributed by atoms with Crippen molar-refractivity contribution in [1.29, 1.82) is 0 Å². The molecule has 0 radical (unpaired) electrons. The van der Waals surface area contributed by atoms with Crippen molar-refractivity contribution in [1.82, 2.24) is 0 Å². The maximum absolute atomic E-state index is 12.1. The van der Waals surface area contributed by atoms with E-state index in [9.17, 15) is 4.79 Å². The fourth-order valence-electron chi connectivity index (χ4n) is 2.36. The number of nitrogens with one attached hydrogen (secondary N) is 1. The summed E-state index contributed by atoms with van der Waals surface area (Å²) in [7, 11) is 0. The van der Waals surface area contributed by atoms with E-state index in [1.54, 1.807) is 0 Å². The van der Waals surface area contributed by atoms with Crippen molar-refractivity contribution in [3.05, 3.63) is 63.6 Å². The number of halogens is 1. The van der Waals surface area contributed by atoms with Crippen molar-refractivity contribution in [2.45, 2.75) is 26.3 Å². The smallest absolute Gasteiger partial charge is 0.247 e. The number of hydrogen-bond donors (Lipinski definition) is 2. The summed E-state index contributed by atoms with van der Waals surface area (Å²) < 4.78 is 0.987. The van der Waals surface area contributed by atoms with E-state index in [1.807, 2.05) is 63.2 Å². The van der Waals surface area contributed by atoms with Gasteiger partial charge in [0.2, 0.25) is 5.91 Å². The van der Waals surface area contributed by atoms with Gasteiger partial charge in [-0.25, -0.2) is 0 Å². The van der Waals surface area contributed by atoms with Crippen LogP contribution in [0.25, 0.3) is 0 Å². The first kappa shape index (κ1) is 15.6. The molecule has 0 aromatic heterocycles. The number of carbonyl (C=O) groups is 1. The second-order valence-corrected chi connectivity index (χ2v) is 6.36. The molecule has 2 rings (SSSR count). The Kier molecular flexibility index (Phi) is 4.37. The Balaban J connectivity index is 2.47. The third-order valence-electron chi connectivity index (χ3n) is 3.66. The number of nitrogens with two attached hydrogens (primary N) is 1. The first-order valence-electron chi connectivity index (χ1n) is 6.74. The zero-order valence-electron chi connectivity index (χ0n) is 12.4. The Morgan fingerprint density at radius 2 is 1.76 bits per heavy atom. The van der Waals surface area contributed by atoms with E-state index >= 15 is 0 Å². The molecule has 2 aromatic rings. The van der Waals surface area contributed by atoms with Crippen LogP contribution in [-0.2, 0) is 10.3 Å². The van der Waals surface area contributed by atoms with Gasteiger partial charge in [-0.15, -0.1) is 0 Å². The first-order chi connectivity index (χ1) is 9.83. The summed E-state index contributed by atoms with van der Waals surface area (Å²) in [4.78, 5) is 12.1. The van der Waals surface area contributed by atoms with Gasteiger partial charge in [-0.3, -0.25) is 4.79 Å². The largest absolute Gasteiger partial charge is 0.368 e. The van der Waals surface area contributed by atoms with Crippen LogP contribution in [-0.4, -0.2) is 5.91 Å². The van der Waals surface area contributed by atoms with Crippen molar-refractivity contribution < 1.29 is 4.79 Å². The Labute approximate surface area is 133 Å². The van der Waals surface area contributed by atoms with Gasteiger partial charge in [-0.2, -0.15) is 0 Å². The van der Waals surface area contributed by atoms with Gasteiger partial charge in [0.25, 0.3) is 0 Å². The minimum Gasteiger partial charge on any atom is -0.368 e. The lowest BCUT2D eigenvalue weighted by atomic mass is 9.86. The fraction of sp³-hybridized carbons (Fsp3) is 0.235. The lowest BCUT2D eigenvalue weighted by Gasteiger charge is -2.31. The molecule has 0 saturated heterocycles. The molecule has 0 aliphatic rings. The molecular formula is C17H19BrN2O. The van der Waals surface area contributed by atoms with Crippen molar-refractivity contribution in [3.8, 4) is 0 Å². The Morgan fingerprint density at radius 1 is 1.14 bits per heavy atom. The van der Waals surface area contributed by atoms with Gasteiger partial charge in [0.1, 0.15) is 5.54 Å². The molecule has 0 aliphatic carbocycles. The summed E-state index contributed by atoms with van der Waals surface area (Å²) in [6.45, 7) is 5.81. The van der Waals surface area contributed by atoms with Crippen LogP contribution in [0.15, 0.2) is 46.9 Å². The van der Waals surface area contributed by atoms with Gasteiger partial charge < -0.3 is 11.1 Å². The monoisotopic (exact) mass is 346 g/mol. The van der Waals surface area contributed by atoms with Crippen LogP contribution in [0, 0.1) is 13.8 Å². The molecular weight excluding hydrogens is 328 g/mol. The molecule has 0 spiro atoms. The molecule has 110 valence electrons. The number of rotatable bonds is 4. The van der Waals surface area contributed by atoms with E-state index < -0.39 is 11.4 Å². The maximum atomic E-state index is 12.1. The van der Waals surface area contributed by atoms with Gasteiger partial charge >= 0.3 is 0 Å². The minimum atomic E-state index is -0.954. The standard InChI is InChI=1S/C17H19BrN2O/c1-11-4-5-12(2)15(10-11)17(3,16(19)21)20-14-8-6-13(18)7-9-14/h4-10,20H,1-3H3,(H2,19,21). The summed E-state index contributed by atoms with van der Waals surface area (Å²) in [6, 6.07) is 13.7. The number of benzene rings is 2. The predicted octanol–water partition coefficient (Wildman–Crippen LogP) is 3.88. The van der Waals surface area contributed by atoms with Crippen LogP contribution in [0.5, 0.6) is 0 Å². The Hall–Kier alpha value is -1.81. The molecule has 4 heteroatoms. The highest BCUT2D eigenvalue weighted by atomic mass is 79.9. The van der Waals surface area contributed by atoms with E-state index in [0.717, 1.165) is 26.9 Å². The molecule has 0 saturated carbocycles. The van der Waals surface area contributed by atoms with Crippen LogP contribution in [0.4, 0.5) is 5.69 Å². The number of primary amides is 1. The van der Waals surface area contributed by atoms with Crippen LogP contribution < -0.4 is 11.1 Å². The average Bonchev–Trinajstić information content (AvgIpc) is 2.43. The molecule has 0 fully saturated rings. The van der Waals surface area contributed by atoms with E-state index in [-0.39, 0.29) is 0 Å². The fourth-order valence-corrected chi connectivity index (χ4v) is 2.62. The molecule has 0 bridgehead atoms. The van der Waals surface area contributed by atoms with E-state index in [1.165, 1.54) is 0 Å². The minimum absolute atomic E-state index is 0.404. The molecule has 1 amide bonds. The molecule has 0 aliphatic heterocycles. The van der Waals surface area contributed by atoms with Crippen LogP contribution >= 0.6 is 15.9 Å². The average molecular weight is 347 g/mol. The van der Waals surface area contributed by atoms with Crippen LogP contribution in [0.2, 0.25) is 0 Å². The van der Waals surface area contributed by atoms with Crippen LogP contribution in [0.3, 0.4) is 0 Å². The van der Waals surface area contributed by atoms with E-state index in [0.29, 0.717) is 0 Å². The van der Waals surface area contributed by atoms with Crippen molar-refractivity contribution in [3.63, 3.8) is 0 Å². The number of aryl methyl sites for hydroxylation is 2. The lowest BCUT2D eigenvalue weighted by Crippen LogP contribution is -2.45. The normalized spacial score (nSPS) is 13.5. The zero-order valence-corrected chi connectivity index (χ0v) is 14.0. The SMILES string of the molecule is Cc1ccc(C)c(C(C)(Nc2ccc(Br)cc2)C(N)=O)c1. The molecule has 21 heavy (non-hydrogen) atoms. The van der Waals surface area contributed by atoms with Gasteiger partial charge in [0.15, 0.2) is 0 Å². The molecule has 1 unspecified atom stereocenters. The zero-order chi connectivity index (χ0) is 15.6. The molecule has 3 N–H and O–H groups in total. The Morgan fingerprint density at radius 3 is 2.33 bits per heavy atom. The first-order valence-corrected chi connectivity index (χ1v) is 7.53. The molecule has 1 atom stereocenters. The van der Waals surface area contributed by atoms with E-state index in [4.69, 9.17) is 5.73 Å². The van der Waals surface area contributed by atoms with Gasteiger partial charge in [-0.05, 0) is 56.2 Å². The molecule has 3 nitrogen and oxygen atoms in total. The van der Waals surface area contributed by atoms with Crippen molar-refractivity contribution in [2.75, 3.05) is 5.32 Å². The predicted molar refractivity (Wildman–Crippen MR) is 90.2 cm³/mol. The van der Waals surface area contributed by atoms with Gasteiger partial charge in [0, 0.05) is 10.2 Å². The second-order valence-electron chi connectivity index (χ2n) is 5.44. The third kappa shape index (κ3) is 3.27. The summed E-state index contributed by atoms with van der Waals surface area (Å²) in [5, 5.41) is 3.27. The highest BCUT2D eigenvalue weighted by Crippen LogP contribution is 2.29. The second kappa shape index (κ2) is 5.90. The number of carbonyl (C=O) groups excluding carboxylic acids is 1. The molecule has 0 heterocycles. The quantitative estimate of drug-likeness (QED) is 0.882. The van der Waals surface area contributed by atoms with Crippen molar-refractivity contribution in [2.24, 2.45) is 5.73 Å². The summed E-state index contributed by atoms with van der Waals surface area (Å²) in [5.41, 5.74) is 8.61. The number of amides is 1. The van der Waals surface area contributed by atoms with Gasteiger partial charge in [-0.1, -0.05) is 39.7 Å². The van der Waals surface area contributed by atoms with Crippen molar-refractivity contribution >= 4 is 27.5 Å². The highest BCUT2D eigenvalue weighted by Gasteiger charge is 2.34. The number of hydrogen-bond acceptors (Lipinski definition) is 2. The summed E-state index contributed by atoms with van der Waals surface area (Å²) in [6.07, 6.45) is 0. The summed E-state index contributed by atoms with van der Waals surface area (Å²) in [5.74, 6) is -0.404.